The zero-order valence-electron chi connectivity index (χ0n) is 19.8. The fraction of sp³-hybridized carbons (Fsp3) is 0.348. The number of hydrogen-bond acceptors (Lipinski definition) is 12. The van der Waals surface area contributed by atoms with E-state index in [4.69, 9.17) is 31.1 Å². The molecule has 0 radical (unpaired) electrons. The summed E-state index contributed by atoms with van der Waals surface area (Å²) < 4.78 is 19.5. The number of nitrogens with zero attached hydrogens (tertiary/aromatic N) is 5. The van der Waals surface area contributed by atoms with E-state index in [0.29, 0.717) is 46.0 Å². The Morgan fingerprint density at radius 2 is 2.06 bits per heavy atom. The number of hydroxylamine groups is 1. The minimum absolute atomic E-state index is 0.109. The summed E-state index contributed by atoms with van der Waals surface area (Å²) in [6.07, 6.45) is 1.11. The van der Waals surface area contributed by atoms with Gasteiger partial charge < -0.3 is 26.4 Å². The number of anilines is 2. The predicted molar refractivity (Wildman–Crippen MR) is 129 cm³/mol. The molecule has 12 nitrogen and oxygen atoms in total. The van der Waals surface area contributed by atoms with Crippen LogP contribution in [0.4, 0.5) is 16.2 Å². The van der Waals surface area contributed by atoms with Gasteiger partial charge in [0, 0.05) is 18.4 Å². The summed E-state index contributed by atoms with van der Waals surface area (Å²) in [7, 11) is 1.42. The number of rotatable bonds is 8. The maximum Gasteiger partial charge on any atom is 0.257 e. The minimum atomic E-state index is -0.898. The second-order valence-corrected chi connectivity index (χ2v) is 8.14. The van der Waals surface area contributed by atoms with Gasteiger partial charge in [0.25, 0.3) is 5.88 Å². The van der Waals surface area contributed by atoms with E-state index in [1.54, 1.807) is 13.0 Å². The van der Waals surface area contributed by atoms with Crippen LogP contribution in [0.2, 0.25) is 0 Å². The quantitative estimate of drug-likeness (QED) is 0.219. The van der Waals surface area contributed by atoms with Crippen molar-refractivity contribution in [2.75, 3.05) is 31.8 Å². The van der Waals surface area contributed by atoms with Crippen molar-refractivity contribution in [2.45, 2.75) is 31.9 Å². The van der Waals surface area contributed by atoms with E-state index in [1.165, 1.54) is 25.4 Å². The number of benzene rings is 1. The topological polar surface area (TPSA) is 187 Å². The molecule has 1 aliphatic rings. The molecule has 0 spiro atoms. The number of nitrogen functional groups attached to an aromatic ring is 2. The van der Waals surface area contributed by atoms with Gasteiger partial charge in [0.2, 0.25) is 5.95 Å². The molecular formula is C23H27FN8O4. The molecule has 0 fully saturated rings. The van der Waals surface area contributed by atoms with Crippen LogP contribution in [0.25, 0.3) is 11.3 Å². The van der Waals surface area contributed by atoms with Crippen molar-refractivity contribution in [3.8, 4) is 17.1 Å². The smallest absolute Gasteiger partial charge is 0.257 e. The average molecular weight is 499 g/mol. The van der Waals surface area contributed by atoms with Gasteiger partial charge in [0.15, 0.2) is 11.7 Å². The molecule has 1 aliphatic heterocycles. The number of aliphatic imine (C=N–C) groups is 1. The van der Waals surface area contributed by atoms with E-state index in [-0.39, 0.29) is 37.3 Å². The zero-order valence-corrected chi connectivity index (χ0v) is 19.8. The summed E-state index contributed by atoms with van der Waals surface area (Å²) in [5, 5.41) is 18.5. The summed E-state index contributed by atoms with van der Waals surface area (Å²) in [4.78, 5) is 27.4. The molecule has 190 valence electrons. The number of ether oxygens (including phenoxy) is 1. The third-order valence-electron chi connectivity index (χ3n) is 5.63. The van der Waals surface area contributed by atoms with Crippen molar-refractivity contribution in [3.63, 3.8) is 0 Å². The molecule has 0 bridgehead atoms. The lowest BCUT2D eigenvalue weighted by atomic mass is 9.91. The molecule has 7 N–H and O–H groups in total. The second kappa shape index (κ2) is 10.8. The van der Waals surface area contributed by atoms with Crippen LogP contribution >= 0.6 is 0 Å². The highest BCUT2D eigenvalue weighted by Gasteiger charge is 2.29. The monoisotopic (exact) mass is 498 g/mol. The van der Waals surface area contributed by atoms with Gasteiger partial charge in [-0.15, -0.1) is 0 Å². The Bertz CT molecular complexity index is 1290. The Morgan fingerprint density at radius 3 is 2.81 bits per heavy atom. The third-order valence-corrected chi connectivity index (χ3v) is 5.63. The SMILES string of the molecule is COc1nc(-c2cc(F)ccc2[C@H]2Cc3nc(N)nc(C)c3C(NOCC[C@H](O)CO)=N2)cnc1N. The Balaban J connectivity index is 1.74. The van der Waals surface area contributed by atoms with Crippen molar-refractivity contribution in [1.82, 2.24) is 25.4 Å². The van der Waals surface area contributed by atoms with E-state index in [0.717, 1.165) is 0 Å². The van der Waals surface area contributed by atoms with E-state index in [1.807, 2.05) is 0 Å². The molecule has 0 saturated carbocycles. The molecule has 1 aromatic carbocycles. The summed E-state index contributed by atoms with van der Waals surface area (Å²) in [5.41, 5.74) is 17.9. The Morgan fingerprint density at radius 1 is 1.25 bits per heavy atom. The van der Waals surface area contributed by atoms with Gasteiger partial charge >= 0.3 is 0 Å². The number of methoxy groups -OCH3 is 1. The highest BCUT2D eigenvalue weighted by Crippen LogP contribution is 2.36. The lowest BCUT2D eigenvalue weighted by molar-refractivity contribution is 0.0287. The molecule has 0 amide bonds. The maximum atomic E-state index is 14.3. The molecule has 3 aromatic rings. The van der Waals surface area contributed by atoms with Crippen LogP contribution in [0.1, 0.15) is 35.0 Å². The summed E-state index contributed by atoms with van der Waals surface area (Å²) >= 11 is 0. The Hall–Kier alpha value is -3.94. The van der Waals surface area contributed by atoms with Crippen molar-refractivity contribution < 1.29 is 24.2 Å². The number of hydrogen-bond donors (Lipinski definition) is 5. The first-order valence-corrected chi connectivity index (χ1v) is 11.1. The number of nitrogens with two attached hydrogens (primary N) is 2. The van der Waals surface area contributed by atoms with Crippen LogP contribution < -0.4 is 21.7 Å². The average Bonchev–Trinajstić information content (AvgIpc) is 2.86. The number of nitrogens with one attached hydrogen (secondary N) is 1. The number of aryl methyl sites for hydroxylation is 1. The first-order chi connectivity index (χ1) is 17.3. The molecule has 2 atom stereocenters. The Labute approximate surface area is 206 Å². The first-order valence-electron chi connectivity index (χ1n) is 11.1. The van der Waals surface area contributed by atoms with Crippen molar-refractivity contribution >= 4 is 17.6 Å². The van der Waals surface area contributed by atoms with E-state index in [9.17, 15) is 9.50 Å². The number of halogens is 1. The molecule has 36 heavy (non-hydrogen) atoms. The summed E-state index contributed by atoms with van der Waals surface area (Å²) in [5.74, 6) is 0.247. The minimum Gasteiger partial charge on any atom is -0.478 e. The number of aliphatic hydroxyl groups is 2. The number of aromatic nitrogens is 4. The van der Waals surface area contributed by atoms with Crippen LogP contribution in [-0.2, 0) is 11.3 Å². The lowest BCUT2D eigenvalue weighted by Crippen LogP contribution is -2.33. The van der Waals surface area contributed by atoms with Crippen LogP contribution in [0.5, 0.6) is 5.88 Å². The normalized spacial score (nSPS) is 15.7. The molecule has 13 heteroatoms. The molecule has 0 aliphatic carbocycles. The van der Waals surface area contributed by atoms with E-state index in [2.05, 4.69) is 25.4 Å². The fourth-order valence-electron chi connectivity index (χ4n) is 3.93. The first kappa shape index (κ1) is 25.2. The molecule has 3 heterocycles. The van der Waals surface area contributed by atoms with Crippen LogP contribution in [0.3, 0.4) is 0 Å². The van der Waals surface area contributed by atoms with Crippen molar-refractivity contribution in [2.24, 2.45) is 4.99 Å². The van der Waals surface area contributed by atoms with E-state index < -0.39 is 18.0 Å². The number of fused-ring (bicyclic) bond motifs is 1. The zero-order chi connectivity index (χ0) is 25.8. The van der Waals surface area contributed by atoms with Gasteiger partial charge in [-0.2, -0.15) is 0 Å². The number of aliphatic hydroxyl groups excluding tert-OH is 2. The molecule has 4 rings (SSSR count). The van der Waals surface area contributed by atoms with Gasteiger partial charge in [-0.25, -0.2) is 29.8 Å². The summed E-state index contributed by atoms with van der Waals surface area (Å²) in [6, 6.07) is 3.80. The van der Waals surface area contributed by atoms with Crippen molar-refractivity contribution in [3.05, 3.63) is 52.7 Å². The fourth-order valence-corrected chi connectivity index (χ4v) is 3.93. The maximum absolute atomic E-state index is 14.3. The lowest BCUT2D eigenvalue weighted by Gasteiger charge is -2.26. The predicted octanol–water partition coefficient (Wildman–Crippen LogP) is 0.863. The molecular weight excluding hydrogens is 471 g/mol. The largest absolute Gasteiger partial charge is 0.478 e. The van der Waals surface area contributed by atoms with Crippen LogP contribution in [-0.4, -0.2) is 62.4 Å². The number of amidine groups is 1. The highest BCUT2D eigenvalue weighted by molar-refractivity contribution is 6.01. The molecule has 0 saturated heterocycles. The van der Waals surface area contributed by atoms with Gasteiger partial charge in [0.05, 0.1) is 61.3 Å². The van der Waals surface area contributed by atoms with Crippen LogP contribution in [0.15, 0.2) is 29.4 Å². The third kappa shape index (κ3) is 5.32. The van der Waals surface area contributed by atoms with Gasteiger partial charge in [-0.3, -0.25) is 9.83 Å². The van der Waals surface area contributed by atoms with Crippen molar-refractivity contribution in [1.29, 1.82) is 0 Å². The van der Waals surface area contributed by atoms with Crippen LogP contribution in [0, 0.1) is 12.7 Å². The van der Waals surface area contributed by atoms with Gasteiger partial charge in [-0.1, -0.05) is 6.07 Å². The standard InChI is InChI=1S/C23H27FN8O4/c1-11-19-17(31-23(26)28-11)8-16(29-21(19)32-36-6-5-13(34)10-33)14-4-3-12(24)7-15(14)18-9-27-20(25)22(30-18)35-2/h3-4,7,9,13,16,33-34H,5-6,8,10H2,1-2H3,(H2,25,27)(H,29,32)(H2,26,28,31)/t13-,16+/m0/s1. The van der Waals surface area contributed by atoms with Gasteiger partial charge in [0.1, 0.15) is 5.82 Å². The molecule has 0 unspecified atom stereocenters. The summed E-state index contributed by atoms with van der Waals surface area (Å²) in [6.45, 7) is 1.52. The Kier molecular flexibility index (Phi) is 7.52. The highest BCUT2D eigenvalue weighted by atomic mass is 19.1. The van der Waals surface area contributed by atoms with E-state index >= 15 is 0 Å². The molecule has 2 aromatic heterocycles. The second-order valence-electron chi connectivity index (χ2n) is 8.14. The van der Waals surface area contributed by atoms with Gasteiger partial charge in [-0.05, 0) is 24.6 Å².